The van der Waals surface area contributed by atoms with Gasteiger partial charge in [-0.2, -0.15) is 0 Å². The average molecular weight is 434 g/mol. The van der Waals surface area contributed by atoms with Crippen molar-refractivity contribution in [3.8, 4) is 0 Å². The lowest BCUT2D eigenvalue weighted by molar-refractivity contribution is -0.138. The van der Waals surface area contributed by atoms with Crippen molar-refractivity contribution < 1.29 is 19.1 Å². The van der Waals surface area contributed by atoms with Crippen LogP contribution >= 0.6 is 0 Å². The monoisotopic (exact) mass is 434 g/mol. The van der Waals surface area contributed by atoms with Crippen LogP contribution in [-0.2, 0) is 4.79 Å². The topological polar surface area (TPSA) is 117 Å². The first kappa shape index (κ1) is 21.5. The number of carboxylic acids is 1. The first-order valence-corrected chi connectivity index (χ1v) is 10.8. The van der Waals surface area contributed by atoms with Crippen LogP contribution in [0.4, 0.5) is 17.4 Å². The Morgan fingerprint density at radius 1 is 1.03 bits per heavy atom. The molecule has 0 unspecified atom stereocenters. The van der Waals surface area contributed by atoms with Gasteiger partial charge < -0.3 is 20.2 Å². The highest BCUT2D eigenvalue weighted by atomic mass is 16.4. The third-order valence-electron chi connectivity index (χ3n) is 5.84. The summed E-state index contributed by atoms with van der Waals surface area (Å²) in [6.07, 6.45) is 4.11. The number of nitrogens with one attached hydrogen (secondary N) is 2. The molecule has 1 fully saturated rings. The molecular weight excluding hydrogens is 408 g/mol. The molecule has 32 heavy (non-hydrogen) atoms. The second-order valence-electron chi connectivity index (χ2n) is 8.30. The summed E-state index contributed by atoms with van der Waals surface area (Å²) in [5.74, 6) is -0.608. The SMILES string of the molecule is Cc1cccc(Nc2nnc(C(=O)Nc3ccc([C@H]4CC[C@H](CC(=O)O)CC4)cc3)o2)c1. The molecule has 1 heterocycles. The van der Waals surface area contributed by atoms with Gasteiger partial charge in [-0.3, -0.25) is 9.59 Å². The van der Waals surface area contributed by atoms with Gasteiger partial charge in [0.1, 0.15) is 0 Å². The summed E-state index contributed by atoms with van der Waals surface area (Å²) < 4.78 is 5.43. The minimum absolute atomic E-state index is 0.124. The number of hydrogen-bond donors (Lipinski definition) is 3. The number of benzene rings is 2. The van der Waals surface area contributed by atoms with Crippen LogP contribution in [0.1, 0.15) is 59.8 Å². The number of rotatable bonds is 7. The predicted molar refractivity (Wildman–Crippen MR) is 120 cm³/mol. The predicted octanol–water partition coefficient (Wildman–Crippen LogP) is 5.12. The third kappa shape index (κ3) is 5.51. The van der Waals surface area contributed by atoms with E-state index in [0.717, 1.165) is 36.9 Å². The van der Waals surface area contributed by atoms with E-state index in [1.54, 1.807) is 0 Å². The second kappa shape index (κ2) is 9.64. The zero-order valence-corrected chi connectivity index (χ0v) is 17.9. The second-order valence-corrected chi connectivity index (χ2v) is 8.30. The fraction of sp³-hybridized carbons (Fsp3) is 0.333. The molecule has 0 spiro atoms. The maximum Gasteiger partial charge on any atom is 0.320 e. The van der Waals surface area contributed by atoms with Gasteiger partial charge in [0.2, 0.25) is 0 Å². The minimum atomic E-state index is -0.715. The number of nitrogens with zero attached hydrogens (tertiary/aromatic N) is 2. The van der Waals surface area contributed by atoms with E-state index >= 15 is 0 Å². The highest BCUT2D eigenvalue weighted by Crippen LogP contribution is 2.37. The quantitative estimate of drug-likeness (QED) is 0.472. The van der Waals surface area contributed by atoms with Crippen LogP contribution in [0.2, 0.25) is 0 Å². The van der Waals surface area contributed by atoms with E-state index in [2.05, 4.69) is 20.8 Å². The number of anilines is 3. The molecule has 0 bridgehead atoms. The first-order valence-electron chi connectivity index (χ1n) is 10.8. The van der Waals surface area contributed by atoms with Crippen molar-refractivity contribution in [1.29, 1.82) is 0 Å². The molecule has 166 valence electrons. The van der Waals surface area contributed by atoms with Crippen LogP contribution in [0.15, 0.2) is 52.9 Å². The lowest BCUT2D eigenvalue weighted by Gasteiger charge is -2.28. The summed E-state index contributed by atoms with van der Waals surface area (Å²) in [4.78, 5) is 23.4. The molecule has 0 radical (unpaired) electrons. The summed E-state index contributed by atoms with van der Waals surface area (Å²) in [7, 11) is 0. The third-order valence-corrected chi connectivity index (χ3v) is 5.84. The van der Waals surface area contributed by atoms with E-state index in [4.69, 9.17) is 9.52 Å². The van der Waals surface area contributed by atoms with Gasteiger partial charge in [0, 0.05) is 17.8 Å². The molecule has 1 amide bonds. The van der Waals surface area contributed by atoms with E-state index in [9.17, 15) is 9.59 Å². The lowest BCUT2D eigenvalue weighted by atomic mass is 9.77. The van der Waals surface area contributed by atoms with Crippen LogP contribution < -0.4 is 10.6 Å². The van der Waals surface area contributed by atoms with Crippen molar-refractivity contribution in [1.82, 2.24) is 10.2 Å². The molecule has 1 aliphatic carbocycles. The number of carbonyl (C=O) groups is 2. The van der Waals surface area contributed by atoms with Gasteiger partial charge >= 0.3 is 23.8 Å². The van der Waals surface area contributed by atoms with Crippen LogP contribution in [0, 0.1) is 12.8 Å². The Bertz CT molecular complexity index is 1090. The molecule has 8 nitrogen and oxygen atoms in total. The van der Waals surface area contributed by atoms with Gasteiger partial charge in [0.25, 0.3) is 0 Å². The number of carboxylic acid groups (broad SMARTS) is 1. The maximum absolute atomic E-state index is 12.5. The number of aromatic nitrogens is 2. The van der Waals surface area contributed by atoms with Gasteiger partial charge in [0.15, 0.2) is 0 Å². The molecule has 0 aliphatic heterocycles. The molecule has 3 aromatic rings. The van der Waals surface area contributed by atoms with Crippen LogP contribution in [0.5, 0.6) is 0 Å². The summed E-state index contributed by atoms with van der Waals surface area (Å²) in [5, 5.41) is 22.4. The molecular formula is C24H26N4O4. The highest BCUT2D eigenvalue weighted by molar-refractivity contribution is 6.00. The standard InChI is InChI=1S/C24H26N4O4/c1-15-3-2-4-20(13-15)26-24-28-27-23(32-24)22(31)25-19-11-9-18(10-12-19)17-7-5-16(6-8-17)14-21(29)30/h2-4,9-13,16-17H,5-8,14H2,1H3,(H,25,31)(H,26,28)(H,29,30)/t16-,17-. The summed E-state index contributed by atoms with van der Waals surface area (Å²) in [5.41, 5.74) is 3.74. The van der Waals surface area contributed by atoms with Crippen molar-refractivity contribution >= 4 is 29.3 Å². The zero-order chi connectivity index (χ0) is 22.5. The fourth-order valence-corrected chi connectivity index (χ4v) is 4.18. The van der Waals surface area contributed by atoms with E-state index < -0.39 is 11.9 Å². The number of hydrogen-bond acceptors (Lipinski definition) is 6. The molecule has 0 atom stereocenters. The normalized spacial score (nSPS) is 18.2. The fourth-order valence-electron chi connectivity index (χ4n) is 4.18. The summed E-state index contributed by atoms with van der Waals surface area (Å²) in [6.45, 7) is 1.98. The van der Waals surface area contributed by atoms with E-state index in [0.29, 0.717) is 11.6 Å². The van der Waals surface area contributed by atoms with Gasteiger partial charge in [-0.25, -0.2) is 0 Å². The van der Waals surface area contributed by atoms with Crippen molar-refractivity contribution in [2.45, 2.75) is 44.9 Å². The van der Waals surface area contributed by atoms with Crippen molar-refractivity contribution in [3.63, 3.8) is 0 Å². The van der Waals surface area contributed by atoms with E-state index in [1.807, 2.05) is 55.5 Å². The largest absolute Gasteiger partial charge is 0.481 e. The smallest absolute Gasteiger partial charge is 0.320 e. The van der Waals surface area contributed by atoms with Crippen molar-refractivity contribution in [2.75, 3.05) is 10.6 Å². The highest BCUT2D eigenvalue weighted by Gasteiger charge is 2.24. The zero-order valence-electron chi connectivity index (χ0n) is 17.9. The van der Waals surface area contributed by atoms with Crippen LogP contribution in [-0.4, -0.2) is 27.2 Å². The average Bonchev–Trinajstić information content (AvgIpc) is 3.23. The maximum atomic E-state index is 12.5. The Balaban J connectivity index is 1.31. The Morgan fingerprint density at radius 2 is 1.78 bits per heavy atom. The Morgan fingerprint density at radius 3 is 2.47 bits per heavy atom. The van der Waals surface area contributed by atoms with Gasteiger partial charge in [0.05, 0.1) is 0 Å². The lowest BCUT2D eigenvalue weighted by Crippen LogP contribution is -2.16. The van der Waals surface area contributed by atoms with Gasteiger partial charge in [-0.05, 0) is 79.8 Å². The number of carbonyl (C=O) groups excluding carboxylic acids is 1. The van der Waals surface area contributed by atoms with E-state index in [-0.39, 0.29) is 24.2 Å². The number of aliphatic carboxylic acids is 1. The van der Waals surface area contributed by atoms with Crippen LogP contribution in [0.25, 0.3) is 0 Å². The number of aryl methyl sites for hydroxylation is 1. The Labute approximate surface area is 186 Å². The van der Waals surface area contributed by atoms with Gasteiger partial charge in [-0.15, -0.1) is 5.10 Å². The van der Waals surface area contributed by atoms with E-state index in [1.165, 1.54) is 5.56 Å². The van der Waals surface area contributed by atoms with Gasteiger partial charge in [-0.1, -0.05) is 29.4 Å². The summed E-state index contributed by atoms with van der Waals surface area (Å²) >= 11 is 0. The molecule has 2 aromatic carbocycles. The van der Waals surface area contributed by atoms with Crippen LogP contribution in [0.3, 0.4) is 0 Å². The number of amides is 1. The molecule has 1 saturated carbocycles. The molecule has 1 aromatic heterocycles. The Kier molecular flexibility index (Phi) is 6.49. The molecule has 8 heteroatoms. The molecule has 3 N–H and O–H groups in total. The molecule has 1 aliphatic rings. The molecule has 4 rings (SSSR count). The van der Waals surface area contributed by atoms with Crippen molar-refractivity contribution in [2.24, 2.45) is 5.92 Å². The minimum Gasteiger partial charge on any atom is -0.481 e. The summed E-state index contributed by atoms with van der Waals surface area (Å²) in [6, 6.07) is 15.6. The van der Waals surface area contributed by atoms with Crippen molar-refractivity contribution in [3.05, 3.63) is 65.5 Å². The molecule has 0 saturated heterocycles. The first-order chi connectivity index (χ1) is 15.5. The Hall–Kier alpha value is -3.68.